The Labute approximate surface area is 123 Å². The van der Waals surface area contributed by atoms with Gasteiger partial charge in [-0.1, -0.05) is 40.7 Å². The third kappa shape index (κ3) is 3.54. The largest absolute Gasteiger partial charge is 0.352 e. The van der Waals surface area contributed by atoms with Crippen molar-refractivity contribution in [1.82, 2.24) is 9.36 Å². The minimum Gasteiger partial charge on any atom is -0.352 e. The summed E-state index contributed by atoms with van der Waals surface area (Å²) in [5.41, 5.74) is 0.00664. The molecule has 0 saturated heterocycles. The van der Waals surface area contributed by atoms with Crippen LogP contribution in [0.15, 0.2) is 17.5 Å². The van der Waals surface area contributed by atoms with Crippen molar-refractivity contribution in [2.24, 2.45) is 5.92 Å². The minimum absolute atomic E-state index is 0.00664. The van der Waals surface area contributed by atoms with Crippen molar-refractivity contribution >= 4 is 28.0 Å². The zero-order valence-corrected chi connectivity index (χ0v) is 13.7. The van der Waals surface area contributed by atoms with Crippen molar-refractivity contribution in [3.05, 3.63) is 28.2 Å². The number of nitrogens with zero attached hydrogens (tertiary/aromatic N) is 2. The van der Waals surface area contributed by atoms with Crippen LogP contribution in [0.1, 0.15) is 51.4 Å². The summed E-state index contributed by atoms with van der Waals surface area (Å²) in [6.45, 7) is 10.9. The topological polar surface area (TPSA) is 37.8 Å². The maximum Gasteiger partial charge on any atom is 0.203 e. The number of anilines is 1. The van der Waals surface area contributed by atoms with Crippen LogP contribution in [-0.2, 0) is 5.41 Å². The van der Waals surface area contributed by atoms with Gasteiger partial charge in [0.15, 0.2) is 0 Å². The number of aromatic nitrogens is 2. The Bertz CT molecular complexity index is 509. The van der Waals surface area contributed by atoms with Crippen molar-refractivity contribution in [1.29, 1.82) is 0 Å². The lowest BCUT2D eigenvalue weighted by Crippen LogP contribution is -2.16. The lowest BCUT2D eigenvalue weighted by Gasteiger charge is -2.20. The van der Waals surface area contributed by atoms with Gasteiger partial charge in [-0.2, -0.15) is 4.37 Å². The predicted molar refractivity (Wildman–Crippen MR) is 84.1 cm³/mol. The van der Waals surface area contributed by atoms with E-state index in [0.717, 1.165) is 11.0 Å². The summed E-state index contributed by atoms with van der Waals surface area (Å²) >= 11 is 3.24. The number of hydrogen-bond donors (Lipinski definition) is 1. The van der Waals surface area contributed by atoms with Crippen LogP contribution < -0.4 is 5.32 Å². The highest BCUT2D eigenvalue weighted by atomic mass is 32.1. The number of hydrogen-bond acceptors (Lipinski definition) is 5. The van der Waals surface area contributed by atoms with Crippen LogP contribution in [0.2, 0.25) is 0 Å². The molecule has 1 unspecified atom stereocenters. The highest BCUT2D eigenvalue weighted by Crippen LogP contribution is 2.31. The minimum atomic E-state index is 0.00664. The highest BCUT2D eigenvalue weighted by Gasteiger charge is 2.22. The molecule has 0 aliphatic carbocycles. The van der Waals surface area contributed by atoms with Crippen LogP contribution in [0.5, 0.6) is 0 Å². The van der Waals surface area contributed by atoms with Gasteiger partial charge >= 0.3 is 0 Å². The predicted octanol–water partition coefficient (Wildman–Crippen LogP) is 4.71. The van der Waals surface area contributed by atoms with E-state index in [4.69, 9.17) is 0 Å². The van der Waals surface area contributed by atoms with Crippen molar-refractivity contribution in [3.63, 3.8) is 0 Å². The van der Waals surface area contributed by atoms with E-state index in [2.05, 4.69) is 66.8 Å². The number of thiophene rings is 1. The molecule has 3 nitrogen and oxygen atoms in total. The molecule has 0 fully saturated rings. The summed E-state index contributed by atoms with van der Waals surface area (Å²) in [4.78, 5) is 5.96. The quantitative estimate of drug-likeness (QED) is 0.888. The zero-order valence-electron chi connectivity index (χ0n) is 12.1. The number of nitrogens with one attached hydrogen (secondary N) is 1. The lowest BCUT2D eigenvalue weighted by atomic mass is 9.96. The fourth-order valence-electron chi connectivity index (χ4n) is 1.75. The fraction of sp³-hybridized carbons (Fsp3) is 0.571. The van der Waals surface area contributed by atoms with Crippen LogP contribution in [0.3, 0.4) is 0 Å². The summed E-state index contributed by atoms with van der Waals surface area (Å²) in [5, 5.41) is 6.56. The Morgan fingerprint density at radius 3 is 2.47 bits per heavy atom. The molecule has 0 amide bonds. The van der Waals surface area contributed by atoms with Crippen LogP contribution >= 0.6 is 22.9 Å². The van der Waals surface area contributed by atoms with Crippen molar-refractivity contribution in [3.8, 4) is 0 Å². The van der Waals surface area contributed by atoms with E-state index in [9.17, 15) is 0 Å². The van der Waals surface area contributed by atoms with Gasteiger partial charge in [0.2, 0.25) is 5.13 Å². The van der Waals surface area contributed by atoms with E-state index >= 15 is 0 Å². The fourth-order valence-corrected chi connectivity index (χ4v) is 3.50. The molecule has 2 aromatic rings. The molecule has 2 aromatic heterocycles. The highest BCUT2D eigenvalue weighted by molar-refractivity contribution is 7.10. The summed E-state index contributed by atoms with van der Waals surface area (Å²) in [7, 11) is 0. The molecule has 5 heteroatoms. The molecular weight excluding hydrogens is 274 g/mol. The first-order valence-electron chi connectivity index (χ1n) is 6.52. The summed E-state index contributed by atoms with van der Waals surface area (Å²) in [6, 6.07) is 4.58. The third-order valence-electron chi connectivity index (χ3n) is 2.89. The molecule has 0 aliphatic rings. The Balaban J connectivity index is 2.17. The van der Waals surface area contributed by atoms with Crippen molar-refractivity contribution < 1.29 is 0 Å². The van der Waals surface area contributed by atoms with E-state index in [1.165, 1.54) is 16.4 Å². The van der Waals surface area contributed by atoms with Crippen LogP contribution in [0.4, 0.5) is 5.13 Å². The molecule has 2 heterocycles. The third-order valence-corrected chi connectivity index (χ3v) is 4.49. The van der Waals surface area contributed by atoms with Gasteiger partial charge in [-0.05, 0) is 17.4 Å². The smallest absolute Gasteiger partial charge is 0.203 e. The van der Waals surface area contributed by atoms with Gasteiger partial charge in [0, 0.05) is 21.8 Å². The Kier molecular flexibility index (Phi) is 4.26. The van der Waals surface area contributed by atoms with Gasteiger partial charge in [-0.25, -0.2) is 4.98 Å². The van der Waals surface area contributed by atoms with E-state index in [0.29, 0.717) is 12.0 Å². The van der Waals surface area contributed by atoms with Gasteiger partial charge in [-0.3, -0.25) is 0 Å². The molecule has 0 radical (unpaired) electrons. The molecule has 0 saturated carbocycles. The molecule has 0 spiro atoms. The lowest BCUT2D eigenvalue weighted by molar-refractivity contribution is 0.545. The molecule has 0 bridgehead atoms. The van der Waals surface area contributed by atoms with Gasteiger partial charge in [0.1, 0.15) is 5.82 Å². The molecule has 0 aromatic carbocycles. The molecule has 104 valence electrons. The molecule has 0 aliphatic heterocycles. The second-order valence-electron chi connectivity index (χ2n) is 6.05. The van der Waals surface area contributed by atoms with Gasteiger partial charge in [-0.15, -0.1) is 11.3 Å². The zero-order chi connectivity index (χ0) is 14.0. The maximum atomic E-state index is 4.61. The SMILES string of the molecule is CC(C)C(Nc1nc(C(C)(C)C)ns1)c1cccs1. The molecule has 1 N–H and O–H groups in total. The average molecular weight is 295 g/mol. The van der Waals surface area contributed by atoms with E-state index in [1.807, 2.05) is 0 Å². The van der Waals surface area contributed by atoms with Crippen LogP contribution in [-0.4, -0.2) is 9.36 Å². The van der Waals surface area contributed by atoms with Gasteiger partial charge in [0.05, 0.1) is 6.04 Å². The summed E-state index contributed by atoms with van der Waals surface area (Å²) < 4.78 is 4.45. The first-order chi connectivity index (χ1) is 8.88. The monoisotopic (exact) mass is 295 g/mol. The van der Waals surface area contributed by atoms with Crippen LogP contribution in [0.25, 0.3) is 0 Å². The molecule has 19 heavy (non-hydrogen) atoms. The summed E-state index contributed by atoms with van der Waals surface area (Å²) in [5.74, 6) is 1.43. The maximum absolute atomic E-state index is 4.61. The molecule has 1 atom stereocenters. The van der Waals surface area contributed by atoms with Crippen LogP contribution in [0, 0.1) is 5.92 Å². The summed E-state index contributed by atoms with van der Waals surface area (Å²) in [6.07, 6.45) is 0. The van der Waals surface area contributed by atoms with Crippen molar-refractivity contribution in [2.45, 2.75) is 46.1 Å². The van der Waals surface area contributed by atoms with Crippen molar-refractivity contribution in [2.75, 3.05) is 5.32 Å². The first-order valence-corrected chi connectivity index (χ1v) is 8.17. The second-order valence-corrected chi connectivity index (χ2v) is 7.79. The Hall–Kier alpha value is -0.940. The van der Waals surface area contributed by atoms with Gasteiger partial charge < -0.3 is 5.32 Å². The van der Waals surface area contributed by atoms with E-state index in [-0.39, 0.29) is 5.41 Å². The average Bonchev–Trinajstić information content (AvgIpc) is 2.95. The van der Waals surface area contributed by atoms with Gasteiger partial charge in [0.25, 0.3) is 0 Å². The first kappa shape index (κ1) is 14.5. The Morgan fingerprint density at radius 2 is 2.00 bits per heavy atom. The molecular formula is C14H21N3S2. The van der Waals surface area contributed by atoms with E-state index in [1.54, 1.807) is 11.3 Å². The normalized spacial score (nSPS) is 13.8. The Morgan fingerprint density at radius 1 is 1.26 bits per heavy atom. The van der Waals surface area contributed by atoms with E-state index < -0.39 is 0 Å². The number of rotatable bonds is 4. The second kappa shape index (κ2) is 5.59. The molecule has 2 rings (SSSR count). The standard InChI is InChI=1S/C14H21N3S2/c1-9(2)11(10-7-6-8-18-10)15-13-16-12(17-19-13)14(3,4)5/h6-9,11H,1-5H3,(H,15,16,17).